The maximum absolute atomic E-state index is 6.08. The summed E-state index contributed by atoms with van der Waals surface area (Å²) in [5.74, 6) is 0.990. The van der Waals surface area contributed by atoms with E-state index in [1.165, 1.54) is 11.4 Å². The first-order valence-corrected chi connectivity index (χ1v) is 5.91. The topological polar surface area (TPSA) is 47.3 Å². The molecule has 2 N–H and O–H groups in total. The van der Waals surface area contributed by atoms with Gasteiger partial charge in [-0.1, -0.05) is 0 Å². The lowest BCUT2D eigenvalue weighted by atomic mass is 10.2. The first-order chi connectivity index (χ1) is 8.24. The third kappa shape index (κ3) is 1.85. The lowest BCUT2D eigenvalue weighted by Crippen LogP contribution is -2.31. The van der Waals surface area contributed by atoms with E-state index in [1.807, 2.05) is 12.1 Å². The number of fused-ring (bicyclic) bond motifs is 1. The zero-order valence-corrected chi connectivity index (χ0v) is 10.0. The molecule has 0 radical (unpaired) electrons. The number of furan rings is 1. The fourth-order valence-corrected chi connectivity index (χ4v) is 2.47. The van der Waals surface area contributed by atoms with Crippen LogP contribution < -0.4 is 5.73 Å². The van der Waals surface area contributed by atoms with Gasteiger partial charge in [0.2, 0.25) is 0 Å². The molecule has 90 valence electrons. The van der Waals surface area contributed by atoms with Gasteiger partial charge in [0, 0.05) is 31.7 Å². The lowest BCUT2D eigenvalue weighted by Gasteiger charge is -2.26. The average Bonchev–Trinajstić information content (AvgIpc) is 2.89. The molecule has 1 aliphatic heterocycles. The summed E-state index contributed by atoms with van der Waals surface area (Å²) in [7, 11) is 2.13. The number of nitrogens with zero attached hydrogens (tertiary/aromatic N) is 2. The predicted octanol–water partition coefficient (Wildman–Crippen LogP) is 1.70. The van der Waals surface area contributed by atoms with Crippen LogP contribution in [0.15, 0.2) is 28.9 Å². The van der Waals surface area contributed by atoms with Crippen molar-refractivity contribution in [2.45, 2.75) is 19.5 Å². The zero-order valence-electron chi connectivity index (χ0n) is 10.0. The van der Waals surface area contributed by atoms with Crippen LogP contribution in [0.1, 0.15) is 17.1 Å². The van der Waals surface area contributed by atoms with E-state index in [1.54, 1.807) is 6.26 Å². The predicted molar refractivity (Wildman–Crippen MR) is 66.7 cm³/mol. The molecule has 0 aromatic carbocycles. The normalized spacial score (nSPS) is 16.1. The second-order valence-corrected chi connectivity index (χ2v) is 4.68. The van der Waals surface area contributed by atoms with E-state index in [4.69, 9.17) is 10.2 Å². The van der Waals surface area contributed by atoms with Crippen LogP contribution in [-0.2, 0) is 19.5 Å². The molecule has 0 bridgehead atoms. The molecule has 2 aromatic heterocycles. The number of hydrogen-bond donors (Lipinski definition) is 1. The first kappa shape index (κ1) is 10.5. The van der Waals surface area contributed by atoms with Crippen molar-refractivity contribution in [3.63, 3.8) is 0 Å². The molecule has 3 rings (SSSR count). The van der Waals surface area contributed by atoms with Crippen molar-refractivity contribution in [1.29, 1.82) is 0 Å². The molecule has 4 heteroatoms. The number of hydrogen-bond acceptors (Lipinski definition) is 3. The molecule has 0 fully saturated rings. The number of anilines is 1. The second kappa shape index (κ2) is 3.96. The summed E-state index contributed by atoms with van der Waals surface area (Å²) in [6.07, 6.45) is 2.54. The van der Waals surface area contributed by atoms with Crippen LogP contribution in [0.3, 0.4) is 0 Å². The highest BCUT2D eigenvalue weighted by molar-refractivity contribution is 5.48. The molecule has 0 saturated carbocycles. The maximum atomic E-state index is 6.08. The van der Waals surface area contributed by atoms with Gasteiger partial charge < -0.3 is 14.7 Å². The molecule has 0 spiro atoms. The van der Waals surface area contributed by atoms with E-state index in [-0.39, 0.29) is 0 Å². The second-order valence-electron chi connectivity index (χ2n) is 4.68. The van der Waals surface area contributed by atoms with Crippen LogP contribution in [0, 0.1) is 0 Å². The van der Waals surface area contributed by atoms with E-state index in [0.29, 0.717) is 0 Å². The molecule has 0 amide bonds. The number of rotatable bonds is 2. The Hall–Kier alpha value is -1.68. The molecule has 4 nitrogen and oxygen atoms in total. The zero-order chi connectivity index (χ0) is 11.8. The fraction of sp³-hybridized carbons (Fsp3) is 0.385. The summed E-state index contributed by atoms with van der Waals surface area (Å²) in [6.45, 7) is 3.02. The lowest BCUT2D eigenvalue weighted by molar-refractivity contribution is 0.268. The highest BCUT2D eigenvalue weighted by atomic mass is 16.3. The van der Waals surface area contributed by atoms with Crippen molar-refractivity contribution in [3.8, 4) is 0 Å². The fourth-order valence-electron chi connectivity index (χ4n) is 2.47. The minimum absolute atomic E-state index is 0.820. The summed E-state index contributed by atoms with van der Waals surface area (Å²) in [5, 5.41) is 0. The summed E-state index contributed by atoms with van der Waals surface area (Å²) < 4.78 is 7.73. The summed E-state index contributed by atoms with van der Waals surface area (Å²) in [6, 6.07) is 6.01. The quantitative estimate of drug-likeness (QED) is 0.855. The van der Waals surface area contributed by atoms with Gasteiger partial charge in [-0.25, -0.2) is 0 Å². The van der Waals surface area contributed by atoms with Gasteiger partial charge in [0.05, 0.1) is 17.6 Å². The molecule has 0 aliphatic carbocycles. The Kier molecular flexibility index (Phi) is 2.44. The van der Waals surface area contributed by atoms with Crippen LogP contribution in [0.2, 0.25) is 0 Å². The highest BCUT2D eigenvalue weighted by Gasteiger charge is 2.19. The van der Waals surface area contributed by atoms with E-state index >= 15 is 0 Å². The van der Waals surface area contributed by atoms with Crippen molar-refractivity contribution in [2.75, 3.05) is 19.3 Å². The van der Waals surface area contributed by atoms with Crippen molar-refractivity contribution in [1.82, 2.24) is 9.47 Å². The van der Waals surface area contributed by atoms with Crippen molar-refractivity contribution in [2.24, 2.45) is 0 Å². The number of nitrogen functional groups attached to an aromatic ring is 1. The number of likely N-dealkylation sites (N-methyl/N-ethyl adjacent to an activating group) is 1. The van der Waals surface area contributed by atoms with Crippen LogP contribution in [0.4, 0.5) is 5.69 Å². The molecule has 1 aliphatic rings. The molecule has 2 aromatic rings. The summed E-state index contributed by atoms with van der Waals surface area (Å²) in [4.78, 5) is 2.29. The largest absolute Gasteiger partial charge is 0.469 e. The Morgan fingerprint density at radius 3 is 3.06 bits per heavy atom. The van der Waals surface area contributed by atoms with Gasteiger partial charge in [-0.15, -0.1) is 0 Å². The standard InChI is InChI=1S/C13H17N3O/c1-15-4-5-16-10(7-11-3-2-6-17-11)8-12(14)13(16)9-15/h2-3,6,8H,4-5,7,9,14H2,1H3. The average molecular weight is 231 g/mol. The third-order valence-electron chi connectivity index (χ3n) is 3.39. The van der Waals surface area contributed by atoms with Gasteiger partial charge >= 0.3 is 0 Å². The molecule has 17 heavy (non-hydrogen) atoms. The molecule has 3 heterocycles. The van der Waals surface area contributed by atoms with Gasteiger partial charge in [-0.2, -0.15) is 0 Å². The molecule has 0 unspecified atom stereocenters. The third-order valence-corrected chi connectivity index (χ3v) is 3.39. The van der Waals surface area contributed by atoms with Crippen molar-refractivity contribution >= 4 is 5.69 Å². The Morgan fingerprint density at radius 2 is 2.29 bits per heavy atom. The van der Waals surface area contributed by atoms with Crippen LogP contribution in [0.5, 0.6) is 0 Å². The SMILES string of the molecule is CN1CCn2c(Cc3ccco3)cc(N)c2C1. The summed E-state index contributed by atoms with van der Waals surface area (Å²) >= 11 is 0. The monoisotopic (exact) mass is 231 g/mol. The van der Waals surface area contributed by atoms with E-state index in [0.717, 1.165) is 37.5 Å². The van der Waals surface area contributed by atoms with Gasteiger partial charge in [0.1, 0.15) is 5.76 Å². The Balaban J connectivity index is 1.93. The molecular formula is C13H17N3O. The van der Waals surface area contributed by atoms with Crippen LogP contribution in [-0.4, -0.2) is 23.1 Å². The number of aromatic nitrogens is 1. The van der Waals surface area contributed by atoms with Gasteiger partial charge in [-0.05, 0) is 25.2 Å². The highest BCUT2D eigenvalue weighted by Crippen LogP contribution is 2.25. The minimum atomic E-state index is 0.820. The van der Waals surface area contributed by atoms with Gasteiger partial charge in [0.15, 0.2) is 0 Å². The van der Waals surface area contributed by atoms with Crippen LogP contribution >= 0.6 is 0 Å². The molecular weight excluding hydrogens is 214 g/mol. The van der Waals surface area contributed by atoms with E-state index < -0.39 is 0 Å². The molecule has 0 saturated heterocycles. The minimum Gasteiger partial charge on any atom is -0.469 e. The maximum Gasteiger partial charge on any atom is 0.109 e. The summed E-state index contributed by atoms with van der Waals surface area (Å²) in [5.41, 5.74) is 9.46. The number of nitrogens with two attached hydrogens (primary N) is 1. The van der Waals surface area contributed by atoms with E-state index in [2.05, 4.69) is 22.6 Å². The van der Waals surface area contributed by atoms with Crippen molar-refractivity contribution in [3.05, 3.63) is 41.6 Å². The van der Waals surface area contributed by atoms with Crippen LogP contribution in [0.25, 0.3) is 0 Å². The smallest absolute Gasteiger partial charge is 0.109 e. The Bertz CT molecular complexity index is 513. The Morgan fingerprint density at radius 1 is 1.41 bits per heavy atom. The molecule has 0 atom stereocenters. The van der Waals surface area contributed by atoms with Gasteiger partial charge in [-0.3, -0.25) is 4.90 Å². The first-order valence-electron chi connectivity index (χ1n) is 5.91. The Labute approximate surface area is 101 Å². The van der Waals surface area contributed by atoms with E-state index in [9.17, 15) is 0 Å². The van der Waals surface area contributed by atoms with Crippen molar-refractivity contribution < 1.29 is 4.42 Å². The van der Waals surface area contributed by atoms with Gasteiger partial charge in [0.25, 0.3) is 0 Å².